The van der Waals surface area contributed by atoms with E-state index in [1.54, 1.807) is 36.8 Å². The van der Waals surface area contributed by atoms with Gasteiger partial charge in [-0.15, -0.1) is 0 Å². The van der Waals surface area contributed by atoms with Gasteiger partial charge in [0.05, 0.1) is 11.8 Å². The lowest BCUT2D eigenvalue weighted by atomic mass is 10.0. The molecule has 138 valence electrons. The number of halogens is 1. The Bertz CT molecular complexity index is 926. The average molecular weight is 365 g/mol. The van der Waals surface area contributed by atoms with Crippen LogP contribution in [0.1, 0.15) is 52.9 Å². The zero-order valence-corrected chi connectivity index (χ0v) is 14.8. The van der Waals surface area contributed by atoms with Crippen LogP contribution in [0.4, 0.5) is 4.39 Å². The van der Waals surface area contributed by atoms with Gasteiger partial charge in [-0.2, -0.15) is 0 Å². The molecule has 6 heteroatoms. The molecule has 0 spiro atoms. The monoisotopic (exact) mass is 365 g/mol. The minimum Gasteiger partial charge on any atom is -0.443 e. The van der Waals surface area contributed by atoms with Gasteiger partial charge >= 0.3 is 0 Å². The van der Waals surface area contributed by atoms with E-state index in [2.05, 4.69) is 9.97 Å². The summed E-state index contributed by atoms with van der Waals surface area (Å²) in [6, 6.07) is 9.77. The SMILES string of the molecule is O=C(c1cccnc1)N1CCCC[C@H]1c1ncc(Cc2cccc(F)c2)o1. The summed E-state index contributed by atoms with van der Waals surface area (Å²) in [7, 11) is 0. The molecular formula is C21H20FN3O2. The molecule has 1 amide bonds. The Morgan fingerprint density at radius 3 is 2.96 bits per heavy atom. The van der Waals surface area contributed by atoms with Crippen LogP contribution < -0.4 is 0 Å². The number of carbonyl (C=O) groups excluding carboxylic acids is 1. The van der Waals surface area contributed by atoms with Crippen molar-refractivity contribution >= 4 is 5.91 Å². The molecule has 0 N–H and O–H groups in total. The number of amides is 1. The molecule has 2 aromatic heterocycles. The predicted molar refractivity (Wildman–Crippen MR) is 97.6 cm³/mol. The third kappa shape index (κ3) is 3.89. The summed E-state index contributed by atoms with van der Waals surface area (Å²) in [5.41, 5.74) is 1.39. The molecule has 1 atom stereocenters. The van der Waals surface area contributed by atoms with Gasteiger partial charge in [-0.25, -0.2) is 9.37 Å². The van der Waals surface area contributed by atoms with Crippen molar-refractivity contribution in [2.45, 2.75) is 31.7 Å². The number of nitrogens with zero attached hydrogens (tertiary/aromatic N) is 3. The maximum Gasteiger partial charge on any atom is 0.256 e. The van der Waals surface area contributed by atoms with Crippen molar-refractivity contribution in [2.24, 2.45) is 0 Å². The minimum absolute atomic E-state index is 0.0577. The van der Waals surface area contributed by atoms with E-state index >= 15 is 0 Å². The molecule has 0 saturated carbocycles. The molecule has 1 saturated heterocycles. The molecule has 27 heavy (non-hydrogen) atoms. The molecular weight excluding hydrogens is 345 g/mol. The lowest BCUT2D eigenvalue weighted by Gasteiger charge is -2.33. The molecule has 0 radical (unpaired) electrons. The number of oxazole rings is 1. The van der Waals surface area contributed by atoms with Crippen molar-refractivity contribution in [1.82, 2.24) is 14.9 Å². The van der Waals surface area contributed by atoms with Gasteiger partial charge in [-0.05, 0) is 49.1 Å². The lowest BCUT2D eigenvalue weighted by Crippen LogP contribution is -2.38. The predicted octanol–water partition coefficient (Wildman–Crippen LogP) is 4.17. The number of aromatic nitrogens is 2. The summed E-state index contributed by atoms with van der Waals surface area (Å²) in [5, 5.41) is 0. The number of hydrogen-bond donors (Lipinski definition) is 0. The molecule has 1 fully saturated rings. The first-order valence-electron chi connectivity index (χ1n) is 9.11. The Kier molecular flexibility index (Phi) is 4.96. The van der Waals surface area contributed by atoms with E-state index in [0.29, 0.717) is 30.2 Å². The van der Waals surface area contributed by atoms with Gasteiger partial charge in [-0.3, -0.25) is 9.78 Å². The van der Waals surface area contributed by atoms with Gasteiger partial charge in [0, 0.05) is 25.4 Å². The average Bonchev–Trinajstić information content (AvgIpc) is 3.16. The maximum atomic E-state index is 13.4. The standard InChI is InChI=1S/C21H20FN3O2/c22-17-7-3-5-15(11-17)12-18-14-24-20(27-18)19-8-1-2-10-25(19)21(26)16-6-4-9-23-13-16/h3-7,9,11,13-14,19H,1-2,8,10,12H2/t19-/m0/s1. The highest BCUT2D eigenvalue weighted by Gasteiger charge is 2.32. The van der Waals surface area contributed by atoms with Gasteiger partial charge in [0.15, 0.2) is 0 Å². The highest BCUT2D eigenvalue weighted by molar-refractivity contribution is 5.94. The van der Waals surface area contributed by atoms with Crippen LogP contribution in [-0.4, -0.2) is 27.3 Å². The van der Waals surface area contributed by atoms with Crippen LogP contribution in [0.15, 0.2) is 59.4 Å². The minimum atomic E-state index is -0.271. The highest BCUT2D eigenvalue weighted by Crippen LogP contribution is 2.32. The van der Waals surface area contributed by atoms with Crippen molar-refractivity contribution in [1.29, 1.82) is 0 Å². The number of hydrogen-bond acceptors (Lipinski definition) is 4. The van der Waals surface area contributed by atoms with Crippen molar-refractivity contribution in [3.8, 4) is 0 Å². The molecule has 0 aliphatic carbocycles. The fraction of sp³-hybridized carbons (Fsp3) is 0.286. The zero-order chi connectivity index (χ0) is 18.6. The van der Waals surface area contributed by atoms with E-state index in [0.717, 1.165) is 24.8 Å². The Morgan fingerprint density at radius 2 is 2.15 bits per heavy atom. The van der Waals surface area contributed by atoms with Crippen molar-refractivity contribution in [3.63, 3.8) is 0 Å². The third-order valence-electron chi connectivity index (χ3n) is 4.80. The quantitative estimate of drug-likeness (QED) is 0.696. The molecule has 1 aromatic carbocycles. The Balaban J connectivity index is 1.54. The molecule has 3 aromatic rings. The third-order valence-corrected chi connectivity index (χ3v) is 4.80. The van der Waals surface area contributed by atoms with Crippen molar-refractivity contribution in [2.75, 3.05) is 6.54 Å². The van der Waals surface area contributed by atoms with Crippen LogP contribution in [0.25, 0.3) is 0 Å². The van der Waals surface area contributed by atoms with E-state index in [-0.39, 0.29) is 17.8 Å². The number of pyridine rings is 1. The summed E-state index contributed by atoms with van der Waals surface area (Å²) < 4.78 is 19.3. The van der Waals surface area contributed by atoms with E-state index in [4.69, 9.17) is 4.42 Å². The van der Waals surface area contributed by atoms with Gasteiger partial charge < -0.3 is 9.32 Å². The van der Waals surface area contributed by atoms with Gasteiger partial charge in [-0.1, -0.05) is 12.1 Å². The summed E-state index contributed by atoms with van der Waals surface area (Å²) in [5.74, 6) is 0.874. The number of rotatable bonds is 4. The number of benzene rings is 1. The normalized spacial score (nSPS) is 17.1. The first-order chi connectivity index (χ1) is 13.2. The Hall–Kier alpha value is -3.02. The van der Waals surface area contributed by atoms with Gasteiger partial charge in [0.25, 0.3) is 5.91 Å². The molecule has 0 unspecified atom stereocenters. The van der Waals surface area contributed by atoms with E-state index in [9.17, 15) is 9.18 Å². The second-order valence-electron chi connectivity index (χ2n) is 6.72. The fourth-order valence-electron chi connectivity index (χ4n) is 3.49. The van der Waals surface area contributed by atoms with Crippen molar-refractivity contribution < 1.29 is 13.6 Å². The van der Waals surface area contributed by atoms with E-state index in [1.807, 2.05) is 11.0 Å². The molecule has 3 heterocycles. The maximum absolute atomic E-state index is 13.4. The number of piperidine rings is 1. The summed E-state index contributed by atoms with van der Waals surface area (Å²) >= 11 is 0. The van der Waals surface area contributed by atoms with Crippen LogP contribution >= 0.6 is 0 Å². The summed E-state index contributed by atoms with van der Waals surface area (Å²) in [6.07, 6.45) is 8.15. The summed E-state index contributed by atoms with van der Waals surface area (Å²) in [6.45, 7) is 0.667. The first-order valence-corrected chi connectivity index (χ1v) is 9.11. The van der Waals surface area contributed by atoms with E-state index < -0.39 is 0 Å². The molecule has 5 nitrogen and oxygen atoms in total. The molecule has 4 rings (SSSR count). The summed E-state index contributed by atoms with van der Waals surface area (Å²) in [4.78, 5) is 23.2. The van der Waals surface area contributed by atoms with Crippen LogP contribution in [0.2, 0.25) is 0 Å². The smallest absolute Gasteiger partial charge is 0.256 e. The van der Waals surface area contributed by atoms with Gasteiger partial charge in [0.1, 0.15) is 17.6 Å². The van der Waals surface area contributed by atoms with Gasteiger partial charge in [0.2, 0.25) is 5.89 Å². The number of likely N-dealkylation sites (tertiary alicyclic amines) is 1. The second kappa shape index (κ2) is 7.70. The van der Waals surface area contributed by atoms with Crippen LogP contribution in [-0.2, 0) is 6.42 Å². The lowest BCUT2D eigenvalue weighted by molar-refractivity contribution is 0.0569. The fourth-order valence-corrected chi connectivity index (χ4v) is 3.49. The van der Waals surface area contributed by atoms with Crippen LogP contribution in [0.3, 0.4) is 0 Å². The molecule has 1 aliphatic heterocycles. The van der Waals surface area contributed by atoms with Crippen molar-refractivity contribution in [3.05, 3.63) is 83.6 Å². The number of carbonyl (C=O) groups is 1. The largest absolute Gasteiger partial charge is 0.443 e. The second-order valence-corrected chi connectivity index (χ2v) is 6.72. The van der Waals surface area contributed by atoms with Crippen LogP contribution in [0.5, 0.6) is 0 Å². The molecule has 1 aliphatic rings. The molecule has 0 bridgehead atoms. The highest BCUT2D eigenvalue weighted by atomic mass is 19.1. The Labute approximate surface area is 156 Å². The van der Waals surface area contributed by atoms with Crippen LogP contribution in [0, 0.1) is 5.82 Å². The Morgan fingerprint density at radius 1 is 1.22 bits per heavy atom. The van der Waals surface area contributed by atoms with E-state index in [1.165, 1.54) is 12.1 Å². The first kappa shape index (κ1) is 17.4. The topological polar surface area (TPSA) is 59.2 Å². The zero-order valence-electron chi connectivity index (χ0n) is 14.8.